The summed E-state index contributed by atoms with van der Waals surface area (Å²) in [5.74, 6) is -2.33. The number of nitro benzene ring substituents is 1. The van der Waals surface area contributed by atoms with Crippen LogP contribution >= 0.6 is 11.8 Å². The molecule has 4 N–H and O–H groups in total. The molecule has 2 fully saturated rings. The highest BCUT2D eigenvalue weighted by Gasteiger charge is 2.54. The van der Waals surface area contributed by atoms with Gasteiger partial charge in [-0.1, -0.05) is 11.8 Å². The molecule has 10 atom stereocenters. The molecule has 41 heavy (non-hydrogen) atoms. The zero-order valence-electron chi connectivity index (χ0n) is 22.1. The molecule has 0 saturated carbocycles. The molecule has 0 unspecified atom stereocenters. The maximum Gasteiger partial charge on any atom is 0.303 e. The molecule has 2 saturated heterocycles. The maximum absolute atomic E-state index is 12.2. The number of non-ortho nitro benzene ring substituents is 1. The van der Waals surface area contributed by atoms with Gasteiger partial charge in [-0.2, -0.15) is 0 Å². The third kappa shape index (κ3) is 8.32. The first-order valence-electron chi connectivity index (χ1n) is 12.3. The second-order valence-electron chi connectivity index (χ2n) is 9.16. The van der Waals surface area contributed by atoms with Crippen molar-refractivity contribution in [2.24, 2.45) is 0 Å². The molecule has 0 amide bonds. The minimum absolute atomic E-state index is 0.172. The third-order valence-corrected chi connectivity index (χ3v) is 7.24. The molecular formula is C24H31NO15S. The fraction of sp³-hybridized carbons (Fsp3) is 0.625. The summed E-state index contributed by atoms with van der Waals surface area (Å²) < 4.78 is 33.5. The van der Waals surface area contributed by atoms with Gasteiger partial charge in [0.2, 0.25) is 0 Å². The quantitative estimate of drug-likeness (QED) is 0.109. The monoisotopic (exact) mass is 605 g/mol. The first kappa shape index (κ1) is 32.6. The van der Waals surface area contributed by atoms with Gasteiger partial charge in [0, 0.05) is 37.8 Å². The van der Waals surface area contributed by atoms with Gasteiger partial charge in [0.15, 0.2) is 18.5 Å². The standard InChI is InChI=1S/C24H31NO15S/c1-10(27)35-9-16-20(40-23-19(32)18(31)17(30)15(8-26)38-23)21(36-11(2)28)22(37-12(3)29)24(39-16)41-14-6-4-13(5-7-14)25(33)34/h4-7,15-24,26,30-32H,8-9H2,1-3H3/t15-,16-,17+,18+,19-,20-,21+,22-,23+,24+/m1/s1. The SMILES string of the molecule is CC(=O)OC[C@H]1O[C@@H](Sc2ccc([N+](=O)[O-])cc2)[C@H](OC(C)=O)[C@@H](OC(C)=O)[C@@H]1O[C@@H]1O[C@H](CO)[C@H](O)[C@H](O)[C@H]1O. The van der Waals surface area contributed by atoms with E-state index >= 15 is 0 Å². The lowest BCUT2D eigenvalue weighted by Crippen LogP contribution is -2.65. The van der Waals surface area contributed by atoms with Crippen LogP contribution in [0.25, 0.3) is 0 Å². The fourth-order valence-electron chi connectivity index (χ4n) is 4.23. The Bertz CT molecular complexity index is 1090. The Morgan fingerprint density at radius 2 is 1.49 bits per heavy atom. The molecule has 1 aromatic carbocycles. The van der Waals surface area contributed by atoms with E-state index in [2.05, 4.69) is 0 Å². The van der Waals surface area contributed by atoms with Gasteiger partial charge in [0.05, 0.1) is 11.5 Å². The Kier molecular flexibility index (Phi) is 11.4. The highest BCUT2D eigenvalue weighted by Crippen LogP contribution is 2.39. The van der Waals surface area contributed by atoms with E-state index in [0.717, 1.165) is 32.5 Å². The van der Waals surface area contributed by atoms with Crippen LogP contribution in [0, 0.1) is 10.1 Å². The summed E-state index contributed by atoms with van der Waals surface area (Å²) in [7, 11) is 0. The van der Waals surface area contributed by atoms with Gasteiger partial charge in [-0.3, -0.25) is 24.5 Å². The van der Waals surface area contributed by atoms with Crippen LogP contribution in [0.4, 0.5) is 5.69 Å². The summed E-state index contributed by atoms with van der Waals surface area (Å²) in [6.45, 7) is 2.08. The van der Waals surface area contributed by atoms with Gasteiger partial charge in [-0.15, -0.1) is 0 Å². The minimum atomic E-state index is -1.85. The molecule has 0 spiro atoms. The Hall–Kier alpha value is -2.90. The van der Waals surface area contributed by atoms with Crippen LogP contribution in [0.1, 0.15) is 20.8 Å². The second kappa shape index (κ2) is 14.3. The average Bonchev–Trinajstić information content (AvgIpc) is 2.90. The number of nitrogens with zero attached hydrogens (tertiary/aromatic N) is 1. The first-order chi connectivity index (χ1) is 19.3. The van der Waals surface area contributed by atoms with Crippen molar-refractivity contribution in [3.8, 4) is 0 Å². The molecular weight excluding hydrogens is 574 g/mol. The van der Waals surface area contributed by atoms with Crippen LogP contribution in [0.5, 0.6) is 0 Å². The van der Waals surface area contributed by atoms with Gasteiger partial charge in [-0.05, 0) is 12.1 Å². The summed E-state index contributed by atoms with van der Waals surface area (Å²) in [5.41, 5.74) is -1.31. The normalized spacial score (nSPS) is 33.4. The van der Waals surface area contributed by atoms with Crippen LogP contribution in [0.15, 0.2) is 29.2 Å². The molecule has 0 aromatic heterocycles. The van der Waals surface area contributed by atoms with Crippen molar-refractivity contribution >= 4 is 35.4 Å². The number of nitro groups is 1. The number of esters is 3. The van der Waals surface area contributed by atoms with Gasteiger partial charge in [0.25, 0.3) is 5.69 Å². The number of aliphatic hydroxyl groups is 4. The largest absolute Gasteiger partial charge is 0.463 e. The first-order valence-corrected chi connectivity index (χ1v) is 13.2. The molecule has 228 valence electrons. The third-order valence-electron chi connectivity index (χ3n) is 6.09. The molecule has 0 bridgehead atoms. The van der Waals surface area contributed by atoms with Crippen LogP contribution < -0.4 is 0 Å². The highest BCUT2D eigenvalue weighted by molar-refractivity contribution is 7.99. The number of thioether (sulfide) groups is 1. The number of benzene rings is 1. The van der Waals surface area contributed by atoms with Gasteiger partial charge in [0.1, 0.15) is 48.7 Å². The molecule has 2 aliphatic rings. The van der Waals surface area contributed by atoms with Crippen molar-refractivity contribution in [3.05, 3.63) is 34.4 Å². The van der Waals surface area contributed by atoms with E-state index in [1.54, 1.807) is 0 Å². The number of carbonyl (C=O) groups excluding carboxylic acids is 3. The zero-order valence-corrected chi connectivity index (χ0v) is 22.9. The van der Waals surface area contributed by atoms with Crippen molar-refractivity contribution in [2.45, 2.75) is 86.2 Å². The molecule has 3 rings (SSSR count). The predicted molar refractivity (Wildman–Crippen MR) is 134 cm³/mol. The lowest BCUT2D eigenvalue weighted by atomic mass is 9.97. The Balaban J connectivity index is 2.00. The predicted octanol–water partition coefficient (Wildman–Crippen LogP) is -0.977. The molecule has 16 nitrogen and oxygen atoms in total. The van der Waals surface area contributed by atoms with E-state index in [4.69, 9.17) is 28.4 Å². The van der Waals surface area contributed by atoms with Gasteiger partial charge >= 0.3 is 17.9 Å². The molecule has 0 radical (unpaired) electrons. The van der Waals surface area contributed by atoms with Crippen molar-refractivity contribution in [1.82, 2.24) is 0 Å². The van der Waals surface area contributed by atoms with Crippen molar-refractivity contribution in [3.63, 3.8) is 0 Å². The minimum Gasteiger partial charge on any atom is -0.463 e. The number of aliphatic hydroxyl groups excluding tert-OH is 4. The van der Waals surface area contributed by atoms with Crippen LogP contribution in [-0.2, 0) is 42.8 Å². The van der Waals surface area contributed by atoms with Crippen molar-refractivity contribution in [1.29, 1.82) is 0 Å². The lowest BCUT2D eigenvalue weighted by molar-refractivity contribution is -0.384. The van der Waals surface area contributed by atoms with Crippen LogP contribution in [0.3, 0.4) is 0 Å². The van der Waals surface area contributed by atoms with Gasteiger partial charge in [-0.25, -0.2) is 0 Å². The molecule has 0 aliphatic carbocycles. The summed E-state index contributed by atoms with van der Waals surface area (Å²) >= 11 is 0.961. The lowest BCUT2D eigenvalue weighted by Gasteiger charge is -2.47. The Morgan fingerprint density at radius 3 is 2.02 bits per heavy atom. The zero-order chi connectivity index (χ0) is 30.4. The van der Waals surface area contributed by atoms with E-state index in [1.807, 2.05) is 0 Å². The average molecular weight is 606 g/mol. The second-order valence-corrected chi connectivity index (χ2v) is 10.3. The fourth-order valence-corrected chi connectivity index (χ4v) is 5.33. The number of hydrogen-bond acceptors (Lipinski definition) is 16. The number of carbonyl (C=O) groups is 3. The molecule has 2 aliphatic heterocycles. The summed E-state index contributed by atoms with van der Waals surface area (Å²) in [5, 5.41) is 51.4. The van der Waals surface area contributed by atoms with E-state index in [-0.39, 0.29) is 5.69 Å². The van der Waals surface area contributed by atoms with Crippen molar-refractivity contribution < 1.29 is 68.2 Å². The summed E-state index contributed by atoms with van der Waals surface area (Å²) in [6.07, 6.45) is -13.9. The molecule has 1 aromatic rings. The maximum atomic E-state index is 12.2. The van der Waals surface area contributed by atoms with E-state index in [1.165, 1.54) is 24.3 Å². The van der Waals surface area contributed by atoms with Crippen LogP contribution in [0.2, 0.25) is 0 Å². The summed E-state index contributed by atoms with van der Waals surface area (Å²) in [6, 6.07) is 5.35. The topological polar surface area (TPSA) is 231 Å². The van der Waals surface area contributed by atoms with Crippen molar-refractivity contribution in [2.75, 3.05) is 13.2 Å². The summed E-state index contributed by atoms with van der Waals surface area (Å²) in [4.78, 5) is 46.8. The Labute approximate surface area is 237 Å². The van der Waals surface area contributed by atoms with E-state index in [9.17, 15) is 44.9 Å². The molecule has 17 heteroatoms. The smallest absolute Gasteiger partial charge is 0.303 e. The Morgan fingerprint density at radius 1 is 0.878 bits per heavy atom. The number of ether oxygens (including phenoxy) is 6. The van der Waals surface area contributed by atoms with Gasteiger partial charge < -0.3 is 48.8 Å². The van der Waals surface area contributed by atoms with Crippen LogP contribution in [-0.4, -0.2) is 117 Å². The van der Waals surface area contributed by atoms with E-state index < -0.39 is 96.6 Å². The van der Waals surface area contributed by atoms with E-state index in [0.29, 0.717) is 4.90 Å². The number of hydrogen-bond donors (Lipinski definition) is 4. The number of rotatable bonds is 10. The molecule has 2 heterocycles. The highest BCUT2D eigenvalue weighted by atomic mass is 32.2.